The van der Waals surface area contributed by atoms with Crippen LogP contribution in [0, 0.1) is 6.92 Å². The maximum absolute atomic E-state index is 4.51. The summed E-state index contributed by atoms with van der Waals surface area (Å²) in [5, 5.41) is 7.01. The van der Waals surface area contributed by atoms with Crippen molar-refractivity contribution in [2.75, 3.05) is 12.3 Å². The second-order valence-corrected chi connectivity index (χ2v) is 6.92. The number of aromatic nitrogens is 1. The molecule has 1 aromatic heterocycles. The van der Waals surface area contributed by atoms with E-state index in [1.807, 2.05) is 11.8 Å². The minimum atomic E-state index is 0.495. The fourth-order valence-corrected chi connectivity index (χ4v) is 4.23. The van der Waals surface area contributed by atoms with Gasteiger partial charge < -0.3 is 5.32 Å². The molecular weight excluding hydrogens is 272 g/mol. The van der Waals surface area contributed by atoms with Crippen LogP contribution in [0.5, 0.6) is 0 Å². The number of rotatable bonds is 4. The largest absolute Gasteiger partial charge is 0.309 e. The van der Waals surface area contributed by atoms with Gasteiger partial charge in [-0.2, -0.15) is 11.8 Å². The molecule has 1 unspecified atom stereocenters. The van der Waals surface area contributed by atoms with Gasteiger partial charge in [-0.05, 0) is 18.1 Å². The van der Waals surface area contributed by atoms with Gasteiger partial charge in [-0.3, -0.25) is 0 Å². The molecule has 1 aliphatic rings. The maximum atomic E-state index is 4.51. The molecule has 1 aromatic carbocycles. The molecule has 0 saturated heterocycles. The third-order valence-electron chi connectivity index (χ3n) is 3.41. The standard InChI is InChI=1S/C15H18N2S2/c1-11-17-13(9-19-11)6-7-16-15-10-18-8-12-4-2-3-5-14(12)15/h2-5,9,15-16H,6-8,10H2,1H3. The Morgan fingerprint density at radius 2 is 2.26 bits per heavy atom. The summed E-state index contributed by atoms with van der Waals surface area (Å²) >= 11 is 3.76. The average molecular weight is 290 g/mol. The molecule has 0 amide bonds. The van der Waals surface area contributed by atoms with Gasteiger partial charge in [-0.15, -0.1) is 11.3 Å². The summed E-state index contributed by atoms with van der Waals surface area (Å²) in [6, 6.07) is 9.29. The van der Waals surface area contributed by atoms with Crippen molar-refractivity contribution in [2.24, 2.45) is 0 Å². The van der Waals surface area contributed by atoms with Crippen LogP contribution in [-0.4, -0.2) is 17.3 Å². The third kappa shape index (κ3) is 3.19. The van der Waals surface area contributed by atoms with E-state index in [9.17, 15) is 0 Å². The lowest BCUT2D eigenvalue weighted by Gasteiger charge is -2.26. The Balaban J connectivity index is 1.59. The van der Waals surface area contributed by atoms with Gasteiger partial charge in [0.2, 0.25) is 0 Å². The van der Waals surface area contributed by atoms with Gasteiger partial charge >= 0.3 is 0 Å². The minimum Gasteiger partial charge on any atom is -0.309 e. The van der Waals surface area contributed by atoms with Crippen LogP contribution < -0.4 is 5.32 Å². The normalized spacial score (nSPS) is 18.3. The molecule has 2 aromatic rings. The van der Waals surface area contributed by atoms with Crippen molar-refractivity contribution in [3.05, 3.63) is 51.5 Å². The predicted octanol–water partition coefficient (Wildman–Crippen LogP) is 3.57. The molecule has 0 saturated carbocycles. The van der Waals surface area contributed by atoms with Crippen LogP contribution in [0.2, 0.25) is 0 Å². The third-order valence-corrected chi connectivity index (χ3v) is 5.32. The summed E-state index contributed by atoms with van der Waals surface area (Å²) in [4.78, 5) is 4.51. The number of hydrogen-bond acceptors (Lipinski definition) is 4. The number of thioether (sulfide) groups is 1. The van der Waals surface area contributed by atoms with E-state index in [-0.39, 0.29) is 0 Å². The highest BCUT2D eigenvalue weighted by Gasteiger charge is 2.19. The number of nitrogens with zero attached hydrogens (tertiary/aromatic N) is 1. The van der Waals surface area contributed by atoms with Crippen LogP contribution in [-0.2, 0) is 12.2 Å². The number of benzene rings is 1. The first kappa shape index (κ1) is 13.2. The van der Waals surface area contributed by atoms with Crippen LogP contribution in [0.3, 0.4) is 0 Å². The minimum absolute atomic E-state index is 0.495. The number of nitrogens with one attached hydrogen (secondary N) is 1. The van der Waals surface area contributed by atoms with Crippen LogP contribution >= 0.6 is 23.1 Å². The van der Waals surface area contributed by atoms with Crippen molar-refractivity contribution in [3.63, 3.8) is 0 Å². The number of thiazole rings is 1. The van der Waals surface area contributed by atoms with Crippen LogP contribution in [0.4, 0.5) is 0 Å². The molecule has 0 radical (unpaired) electrons. The first-order valence-electron chi connectivity index (χ1n) is 6.63. The molecule has 2 heterocycles. The van der Waals surface area contributed by atoms with Crippen molar-refractivity contribution in [1.29, 1.82) is 0 Å². The second kappa shape index (κ2) is 6.07. The topological polar surface area (TPSA) is 24.9 Å². The highest BCUT2D eigenvalue weighted by molar-refractivity contribution is 7.98. The van der Waals surface area contributed by atoms with E-state index in [1.165, 1.54) is 22.6 Å². The molecular formula is C15H18N2S2. The van der Waals surface area contributed by atoms with Crippen LogP contribution in [0.15, 0.2) is 29.6 Å². The first-order valence-corrected chi connectivity index (χ1v) is 8.66. The zero-order chi connectivity index (χ0) is 13.1. The Morgan fingerprint density at radius 3 is 3.11 bits per heavy atom. The van der Waals surface area contributed by atoms with Crippen LogP contribution in [0.1, 0.15) is 27.9 Å². The Morgan fingerprint density at radius 1 is 1.37 bits per heavy atom. The first-order chi connectivity index (χ1) is 9.33. The molecule has 100 valence electrons. The molecule has 0 fully saturated rings. The van der Waals surface area contributed by atoms with Gasteiger partial charge in [0, 0.05) is 35.9 Å². The van der Waals surface area contributed by atoms with E-state index in [4.69, 9.17) is 0 Å². The number of fused-ring (bicyclic) bond motifs is 1. The van der Waals surface area contributed by atoms with Crippen LogP contribution in [0.25, 0.3) is 0 Å². The molecule has 1 N–H and O–H groups in total. The lowest BCUT2D eigenvalue weighted by atomic mass is 10.0. The van der Waals surface area contributed by atoms with Gasteiger partial charge in [0.25, 0.3) is 0 Å². The summed E-state index contributed by atoms with van der Waals surface area (Å²) in [5.41, 5.74) is 4.18. The summed E-state index contributed by atoms with van der Waals surface area (Å²) in [6.07, 6.45) is 1.02. The molecule has 0 spiro atoms. The van der Waals surface area contributed by atoms with Gasteiger partial charge in [-0.25, -0.2) is 4.98 Å². The molecule has 3 rings (SSSR count). The van der Waals surface area contributed by atoms with Crippen molar-refractivity contribution in [1.82, 2.24) is 10.3 Å². The van der Waals surface area contributed by atoms with Crippen molar-refractivity contribution in [2.45, 2.75) is 25.1 Å². The summed E-state index contributed by atoms with van der Waals surface area (Å²) < 4.78 is 0. The van der Waals surface area contributed by atoms with Crippen molar-refractivity contribution >= 4 is 23.1 Å². The lowest BCUT2D eigenvalue weighted by molar-refractivity contribution is 0.575. The van der Waals surface area contributed by atoms with E-state index in [1.54, 1.807) is 11.3 Å². The average Bonchev–Trinajstić information content (AvgIpc) is 2.85. The van der Waals surface area contributed by atoms with Gasteiger partial charge in [0.1, 0.15) is 0 Å². The fraction of sp³-hybridized carbons (Fsp3) is 0.400. The van der Waals surface area contributed by atoms with Gasteiger partial charge in [0.05, 0.1) is 10.7 Å². The lowest BCUT2D eigenvalue weighted by Crippen LogP contribution is -2.28. The molecule has 2 nitrogen and oxygen atoms in total. The Hall–Kier alpha value is -0.840. The molecule has 4 heteroatoms. The molecule has 0 aliphatic carbocycles. The van der Waals surface area contributed by atoms with Gasteiger partial charge in [0.15, 0.2) is 0 Å². The highest BCUT2D eigenvalue weighted by Crippen LogP contribution is 2.31. The van der Waals surface area contributed by atoms with Crippen molar-refractivity contribution in [3.8, 4) is 0 Å². The zero-order valence-electron chi connectivity index (χ0n) is 11.1. The maximum Gasteiger partial charge on any atom is 0.0897 e. The predicted molar refractivity (Wildman–Crippen MR) is 83.9 cm³/mol. The second-order valence-electron chi connectivity index (χ2n) is 4.83. The number of aryl methyl sites for hydroxylation is 1. The summed E-state index contributed by atoms with van der Waals surface area (Å²) in [7, 11) is 0. The van der Waals surface area contributed by atoms with E-state index in [2.05, 4.69) is 46.9 Å². The zero-order valence-corrected chi connectivity index (χ0v) is 12.7. The molecule has 1 atom stereocenters. The smallest absolute Gasteiger partial charge is 0.0897 e. The quantitative estimate of drug-likeness (QED) is 0.932. The Labute approximate surface area is 122 Å². The molecule has 19 heavy (non-hydrogen) atoms. The van der Waals surface area contributed by atoms with E-state index in [0.717, 1.165) is 23.7 Å². The highest BCUT2D eigenvalue weighted by atomic mass is 32.2. The monoisotopic (exact) mass is 290 g/mol. The Bertz CT molecular complexity index is 551. The van der Waals surface area contributed by atoms with E-state index < -0.39 is 0 Å². The number of hydrogen-bond donors (Lipinski definition) is 1. The summed E-state index contributed by atoms with van der Waals surface area (Å²) in [5.74, 6) is 2.33. The molecule has 0 bridgehead atoms. The van der Waals surface area contributed by atoms with Gasteiger partial charge in [-0.1, -0.05) is 24.3 Å². The Kier molecular flexibility index (Phi) is 4.21. The SMILES string of the molecule is Cc1nc(CCNC2CSCc3ccccc32)cs1. The fourth-order valence-electron chi connectivity index (χ4n) is 2.45. The van der Waals surface area contributed by atoms with E-state index in [0.29, 0.717) is 6.04 Å². The van der Waals surface area contributed by atoms with Crippen molar-refractivity contribution < 1.29 is 0 Å². The summed E-state index contributed by atoms with van der Waals surface area (Å²) in [6.45, 7) is 3.07. The van der Waals surface area contributed by atoms with E-state index >= 15 is 0 Å². The molecule has 1 aliphatic heterocycles.